The molecule has 0 fully saturated rings. The summed E-state index contributed by atoms with van der Waals surface area (Å²) >= 11 is 0. The van der Waals surface area contributed by atoms with E-state index in [1.807, 2.05) is 67.6 Å². The van der Waals surface area contributed by atoms with E-state index in [9.17, 15) is 9.18 Å². The summed E-state index contributed by atoms with van der Waals surface area (Å²) in [5.74, 6) is -0.233. The van der Waals surface area contributed by atoms with Gasteiger partial charge in [0.05, 0.1) is 13.7 Å². The number of nitrogens with one attached hydrogen (secondary N) is 2. The number of para-hydroxylation sites is 1. The van der Waals surface area contributed by atoms with Crippen LogP contribution < -0.4 is 15.0 Å². The molecule has 0 saturated heterocycles. The lowest BCUT2D eigenvalue weighted by atomic mass is 10.0. The molecule has 0 aromatic heterocycles. The number of hydrogen-bond acceptors (Lipinski definition) is 2. The van der Waals surface area contributed by atoms with E-state index in [0.29, 0.717) is 13.1 Å². The number of ether oxygens (including phenoxy) is 1. The molecular formula is C24H26FN2O2+. The van der Waals surface area contributed by atoms with E-state index in [-0.39, 0.29) is 17.5 Å². The highest BCUT2D eigenvalue weighted by Gasteiger charge is 2.16. The molecule has 3 aromatic rings. The first-order valence-corrected chi connectivity index (χ1v) is 9.71. The molecule has 1 unspecified atom stereocenters. The molecule has 29 heavy (non-hydrogen) atoms. The number of likely N-dealkylation sites (N-methyl/N-ethyl adjacent to an activating group) is 1. The summed E-state index contributed by atoms with van der Waals surface area (Å²) in [4.78, 5) is 13.7. The highest BCUT2D eigenvalue weighted by atomic mass is 19.1. The normalized spacial score (nSPS) is 11.7. The molecule has 0 spiro atoms. The summed E-state index contributed by atoms with van der Waals surface area (Å²) in [7, 11) is 1.44. The fourth-order valence-corrected chi connectivity index (χ4v) is 3.30. The molecule has 3 aromatic carbocycles. The lowest BCUT2D eigenvalue weighted by molar-refractivity contribution is -0.903. The van der Waals surface area contributed by atoms with Crippen molar-refractivity contribution in [3.8, 4) is 16.9 Å². The van der Waals surface area contributed by atoms with Crippen LogP contribution in [-0.2, 0) is 11.3 Å². The second kappa shape index (κ2) is 9.85. The molecule has 3 rings (SSSR count). The largest absolute Gasteiger partial charge is 0.494 e. The maximum Gasteiger partial charge on any atom is 0.279 e. The van der Waals surface area contributed by atoms with Crippen molar-refractivity contribution in [1.29, 1.82) is 0 Å². The molecule has 2 N–H and O–H groups in total. The van der Waals surface area contributed by atoms with Gasteiger partial charge in [0.1, 0.15) is 6.54 Å². The molecule has 0 aliphatic rings. The topological polar surface area (TPSA) is 42.8 Å². The Bertz CT molecular complexity index is 960. The van der Waals surface area contributed by atoms with Crippen LogP contribution >= 0.6 is 0 Å². The van der Waals surface area contributed by atoms with Gasteiger partial charge in [0.15, 0.2) is 18.1 Å². The molecule has 4 nitrogen and oxygen atoms in total. The smallest absolute Gasteiger partial charge is 0.279 e. The molecule has 0 aliphatic carbocycles. The number of quaternary nitrogens is 1. The van der Waals surface area contributed by atoms with Crippen LogP contribution in [0.3, 0.4) is 0 Å². The highest BCUT2D eigenvalue weighted by molar-refractivity contribution is 5.96. The summed E-state index contributed by atoms with van der Waals surface area (Å²) in [5, 5.41) is 3.04. The van der Waals surface area contributed by atoms with E-state index in [1.165, 1.54) is 13.2 Å². The van der Waals surface area contributed by atoms with Crippen LogP contribution in [0.1, 0.15) is 12.5 Å². The van der Waals surface area contributed by atoms with Gasteiger partial charge in [-0.2, -0.15) is 0 Å². The minimum Gasteiger partial charge on any atom is -0.494 e. The van der Waals surface area contributed by atoms with Crippen molar-refractivity contribution in [3.05, 3.63) is 84.2 Å². The number of anilines is 1. The Labute approximate surface area is 170 Å². The predicted octanol–water partition coefficient (Wildman–Crippen LogP) is 3.54. The van der Waals surface area contributed by atoms with E-state index in [0.717, 1.165) is 33.8 Å². The lowest BCUT2D eigenvalue weighted by Crippen LogP contribution is -3.11. The molecule has 150 valence electrons. The number of benzene rings is 3. The van der Waals surface area contributed by atoms with Crippen LogP contribution in [0, 0.1) is 5.82 Å². The molecule has 1 atom stereocenters. The van der Waals surface area contributed by atoms with Crippen molar-refractivity contribution in [2.45, 2.75) is 13.5 Å². The van der Waals surface area contributed by atoms with Gasteiger partial charge < -0.3 is 15.0 Å². The van der Waals surface area contributed by atoms with Crippen LogP contribution in [0.25, 0.3) is 11.1 Å². The van der Waals surface area contributed by atoms with Crippen molar-refractivity contribution in [2.24, 2.45) is 0 Å². The summed E-state index contributed by atoms with van der Waals surface area (Å²) in [6.45, 7) is 3.63. The zero-order chi connectivity index (χ0) is 20.6. The quantitative estimate of drug-likeness (QED) is 0.615. The van der Waals surface area contributed by atoms with Gasteiger partial charge in [-0.1, -0.05) is 48.5 Å². The number of methoxy groups -OCH3 is 1. The Morgan fingerprint density at radius 1 is 1.03 bits per heavy atom. The molecule has 5 heteroatoms. The summed E-state index contributed by atoms with van der Waals surface area (Å²) in [6.07, 6.45) is 0. The van der Waals surface area contributed by atoms with E-state index < -0.39 is 0 Å². The van der Waals surface area contributed by atoms with Gasteiger partial charge in [-0.05, 0) is 36.8 Å². The number of carbonyl (C=O) groups is 1. The Kier molecular flexibility index (Phi) is 6.98. The van der Waals surface area contributed by atoms with Crippen molar-refractivity contribution in [3.63, 3.8) is 0 Å². The van der Waals surface area contributed by atoms with Crippen LogP contribution in [0.4, 0.5) is 10.1 Å². The van der Waals surface area contributed by atoms with Crippen molar-refractivity contribution in [1.82, 2.24) is 0 Å². The third-order valence-electron chi connectivity index (χ3n) is 4.87. The average Bonchev–Trinajstić information content (AvgIpc) is 2.74. The molecule has 0 heterocycles. The fraction of sp³-hybridized carbons (Fsp3) is 0.208. The molecule has 1 amide bonds. The van der Waals surface area contributed by atoms with Crippen molar-refractivity contribution in [2.75, 3.05) is 25.5 Å². The maximum absolute atomic E-state index is 13.9. The second-order valence-corrected chi connectivity index (χ2v) is 6.89. The van der Waals surface area contributed by atoms with Gasteiger partial charge in [0, 0.05) is 16.8 Å². The Morgan fingerprint density at radius 2 is 1.76 bits per heavy atom. The fourth-order valence-electron chi connectivity index (χ4n) is 3.30. The third kappa shape index (κ3) is 5.42. The van der Waals surface area contributed by atoms with E-state index in [1.54, 1.807) is 6.07 Å². The van der Waals surface area contributed by atoms with Crippen molar-refractivity contribution < 1.29 is 18.8 Å². The Hall–Kier alpha value is -3.18. The highest BCUT2D eigenvalue weighted by Crippen LogP contribution is 2.27. The number of carbonyl (C=O) groups excluding carboxylic acids is 1. The standard InChI is InChI=1S/C24H25FN2O2/c1-3-27(16-18-13-14-23(29-2)21(25)15-18)17-24(28)26-22-12-8-7-11-20(22)19-9-5-4-6-10-19/h4-15H,3,16-17H2,1-2H3,(H,26,28)/p+1. The van der Waals surface area contributed by atoms with Gasteiger partial charge in [0.25, 0.3) is 5.91 Å². The zero-order valence-electron chi connectivity index (χ0n) is 16.7. The number of rotatable bonds is 8. The Morgan fingerprint density at radius 3 is 2.45 bits per heavy atom. The number of hydrogen-bond donors (Lipinski definition) is 2. The zero-order valence-corrected chi connectivity index (χ0v) is 16.7. The summed E-state index contributed by atoms with van der Waals surface area (Å²) in [6, 6.07) is 22.7. The maximum atomic E-state index is 13.9. The van der Waals surface area contributed by atoms with Crippen LogP contribution in [0.15, 0.2) is 72.8 Å². The van der Waals surface area contributed by atoms with Crippen LogP contribution in [-0.4, -0.2) is 26.1 Å². The number of amides is 1. The second-order valence-electron chi connectivity index (χ2n) is 6.89. The first kappa shape index (κ1) is 20.6. The van der Waals surface area contributed by atoms with Crippen LogP contribution in [0.5, 0.6) is 5.75 Å². The minimum absolute atomic E-state index is 0.0702. The molecule has 0 radical (unpaired) electrons. The first-order valence-electron chi connectivity index (χ1n) is 9.71. The molecule has 0 aliphatic heterocycles. The first-order chi connectivity index (χ1) is 14.1. The van der Waals surface area contributed by atoms with Crippen molar-refractivity contribution >= 4 is 11.6 Å². The van der Waals surface area contributed by atoms with Gasteiger partial charge in [-0.25, -0.2) is 4.39 Å². The Balaban J connectivity index is 1.68. The summed E-state index contributed by atoms with van der Waals surface area (Å²) in [5.41, 5.74) is 3.65. The monoisotopic (exact) mass is 393 g/mol. The SMILES string of the molecule is CC[NH+](CC(=O)Nc1ccccc1-c1ccccc1)Cc1ccc(OC)c(F)c1. The van der Waals surface area contributed by atoms with E-state index in [4.69, 9.17) is 4.74 Å². The average molecular weight is 393 g/mol. The van der Waals surface area contributed by atoms with E-state index >= 15 is 0 Å². The number of halogens is 1. The lowest BCUT2D eigenvalue weighted by Gasteiger charge is -2.18. The summed E-state index contributed by atoms with van der Waals surface area (Å²) < 4.78 is 18.9. The minimum atomic E-state index is -0.387. The third-order valence-corrected chi connectivity index (χ3v) is 4.87. The molecule has 0 saturated carbocycles. The predicted molar refractivity (Wildman–Crippen MR) is 114 cm³/mol. The molecular weight excluding hydrogens is 367 g/mol. The van der Waals surface area contributed by atoms with Gasteiger partial charge >= 0.3 is 0 Å². The van der Waals surface area contributed by atoms with Gasteiger partial charge in [-0.3, -0.25) is 4.79 Å². The van der Waals surface area contributed by atoms with E-state index in [2.05, 4.69) is 5.32 Å². The molecule has 0 bridgehead atoms. The van der Waals surface area contributed by atoms with Crippen LogP contribution in [0.2, 0.25) is 0 Å². The van der Waals surface area contributed by atoms with Gasteiger partial charge in [0.2, 0.25) is 0 Å². The van der Waals surface area contributed by atoms with Gasteiger partial charge in [-0.15, -0.1) is 0 Å².